The zero-order chi connectivity index (χ0) is 22.7. The normalized spacial score (nSPS) is 15.6. The predicted molar refractivity (Wildman–Crippen MR) is 124 cm³/mol. The zero-order valence-corrected chi connectivity index (χ0v) is 19.6. The molecule has 1 N–H and O–H groups in total. The topological polar surface area (TPSA) is 75.7 Å². The zero-order valence-electron chi connectivity index (χ0n) is 17.2. The van der Waals surface area contributed by atoms with E-state index in [0.717, 1.165) is 27.5 Å². The fourth-order valence-electron chi connectivity index (χ4n) is 3.34. The number of nitrogens with one attached hydrogen (secondary N) is 1. The number of benzene rings is 2. The van der Waals surface area contributed by atoms with Crippen LogP contribution in [0.25, 0.3) is 0 Å². The average Bonchev–Trinajstić information content (AvgIpc) is 3.34. The molecule has 1 aliphatic rings. The molecule has 10 heteroatoms. The number of anilines is 1. The maximum absolute atomic E-state index is 13.6. The standard InChI is InChI=1S/C22H21FN2O4S3/c1-25(32(27,28)22-3-2-11-31-22)16-5-7-17(8-6-16)29-14-21(26)24-19-10-12-30-20-9-4-15(23)13-18(19)20/h2-9,11,13,19H,10,12,14H2,1H3,(H,24,26)/t19-/m1/s1. The molecule has 0 bridgehead atoms. The molecule has 0 radical (unpaired) electrons. The molecule has 0 fully saturated rings. The number of thiophene rings is 1. The van der Waals surface area contributed by atoms with Gasteiger partial charge in [0.25, 0.3) is 15.9 Å². The highest BCUT2D eigenvalue weighted by Gasteiger charge is 2.24. The molecule has 4 rings (SSSR count). The first-order valence-electron chi connectivity index (χ1n) is 9.81. The van der Waals surface area contributed by atoms with Crippen molar-refractivity contribution < 1.29 is 22.3 Å². The van der Waals surface area contributed by atoms with Crippen molar-refractivity contribution in [3.63, 3.8) is 0 Å². The Morgan fingerprint density at radius 2 is 2.00 bits per heavy atom. The van der Waals surface area contributed by atoms with E-state index < -0.39 is 10.0 Å². The van der Waals surface area contributed by atoms with E-state index in [1.807, 2.05) is 0 Å². The van der Waals surface area contributed by atoms with E-state index in [1.165, 1.54) is 23.5 Å². The van der Waals surface area contributed by atoms with Gasteiger partial charge in [-0.2, -0.15) is 0 Å². The van der Waals surface area contributed by atoms with E-state index in [1.54, 1.807) is 59.6 Å². The molecule has 3 aromatic rings. The number of fused-ring (bicyclic) bond motifs is 1. The van der Waals surface area contributed by atoms with Gasteiger partial charge < -0.3 is 10.1 Å². The van der Waals surface area contributed by atoms with Crippen LogP contribution in [-0.4, -0.2) is 33.7 Å². The van der Waals surface area contributed by atoms with Crippen LogP contribution in [0.15, 0.2) is 69.1 Å². The molecular formula is C22H21FN2O4S3. The maximum atomic E-state index is 13.6. The average molecular weight is 493 g/mol. The van der Waals surface area contributed by atoms with E-state index in [9.17, 15) is 17.6 Å². The lowest BCUT2D eigenvalue weighted by Gasteiger charge is -2.26. The summed E-state index contributed by atoms with van der Waals surface area (Å²) in [4.78, 5) is 13.4. The first-order valence-corrected chi connectivity index (χ1v) is 13.1. The van der Waals surface area contributed by atoms with E-state index in [2.05, 4.69) is 5.32 Å². The number of thioether (sulfide) groups is 1. The highest BCUT2D eigenvalue weighted by Crippen LogP contribution is 2.36. The van der Waals surface area contributed by atoms with Gasteiger partial charge in [-0.05, 0) is 65.9 Å². The quantitative estimate of drug-likeness (QED) is 0.528. The lowest BCUT2D eigenvalue weighted by atomic mass is 10.0. The molecule has 6 nitrogen and oxygen atoms in total. The Hall–Kier alpha value is -2.56. The monoisotopic (exact) mass is 492 g/mol. The summed E-state index contributed by atoms with van der Waals surface area (Å²) in [5.74, 6) is 0.649. The van der Waals surface area contributed by atoms with Gasteiger partial charge in [0.2, 0.25) is 0 Å². The number of carbonyl (C=O) groups is 1. The molecule has 168 valence electrons. The van der Waals surface area contributed by atoms with E-state index in [4.69, 9.17) is 4.74 Å². The highest BCUT2D eigenvalue weighted by atomic mass is 32.2. The first kappa shape index (κ1) is 22.6. The van der Waals surface area contributed by atoms with Gasteiger partial charge in [-0.3, -0.25) is 9.10 Å². The SMILES string of the molecule is CN(c1ccc(OCC(=O)N[C@@H]2CCSc3ccc(F)cc32)cc1)S(=O)(=O)c1cccs1. The van der Waals surface area contributed by atoms with Gasteiger partial charge in [-0.25, -0.2) is 12.8 Å². The van der Waals surface area contributed by atoms with E-state index in [0.29, 0.717) is 17.9 Å². The lowest BCUT2D eigenvalue weighted by Crippen LogP contribution is -2.34. The largest absolute Gasteiger partial charge is 0.484 e. The molecular weight excluding hydrogens is 471 g/mol. The van der Waals surface area contributed by atoms with Crippen molar-refractivity contribution in [2.75, 3.05) is 23.7 Å². The molecule has 2 heterocycles. The van der Waals surface area contributed by atoms with Crippen LogP contribution in [0, 0.1) is 5.82 Å². The van der Waals surface area contributed by atoms with Gasteiger partial charge >= 0.3 is 0 Å². The minimum atomic E-state index is -3.61. The third-order valence-electron chi connectivity index (χ3n) is 5.03. The highest BCUT2D eigenvalue weighted by molar-refractivity contribution is 7.99. The summed E-state index contributed by atoms with van der Waals surface area (Å²) in [6.07, 6.45) is 0.715. The van der Waals surface area contributed by atoms with Crippen molar-refractivity contribution in [3.8, 4) is 5.75 Å². The fraction of sp³-hybridized carbons (Fsp3) is 0.227. The molecule has 0 saturated carbocycles. The summed E-state index contributed by atoms with van der Waals surface area (Å²) in [5, 5.41) is 4.62. The Balaban J connectivity index is 1.35. The summed E-state index contributed by atoms with van der Waals surface area (Å²) < 4.78 is 45.9. The molecule has 0 aliphatic carbocycles. The van der Waals surface area contributed by atoms with Crippen LogP contribution in [0.2, 0.25) is 0 Å². The second-order valence-electron chi connectivity index (χ2n) is 7.13. The molecule has 0 saturated heterocycles. The number of hydrogen-bond donors (Lipinski definition) is 1. The molecule has 1 aliphatic heterocycles. The van der Waals surface area contributed by atoms with E-state index in [-0.39, 0.29) is 28.6 Å². The van der Waals surface area contributed by atoms with Crippen LogP contribution in [-0.2, 0) is 14.8 Å². The number of amides is 1. The molecule has 32 heavy (non-hydrogen) atoms. The second-order valence-corrected chi connectivity index (χ2v) is 11.4. The van der Waals surface area contributed by atoms with Crippen molar-refractivity contribution in [1.82, 2.24) is 5.32 Å². The minimum absolute atomic E-state index is 0.197. The van der Waals surface area contributed by atoms with Gasteiger partial charge in [0.1, 0.15) is 15.8 Å². The van der Waals surface area contributed by atoms with Crippen molar-refractivity contribution in [1.29, 1.82) is 0 Å². The third kappa shape index (κ3) is 4.92. The lowest BCUT2D eigenvalue weighted by molar-refractivity contribution is -0.123. The molecule has 1 atom stereocenters. The number of sulfonamides is 1. The number of nitrogens with zero attached hydrogens (tertiary/aromatic N) is 1. The summed E-state index contributed by atoms with van der Waals surface area (Å²) in [7, 11) is -2.13. The van der Waals surface area contributed by atoms with Crippen molar-refractivity contribution in [3.05, 3.63) is 71.4 Å². The van der Waals surface area contributed by atoms with Crippen LogP contribution >= 0.6 is 23.1 Å². The van der Waals surface area contributed by atoms with Gasteiger partial charge in [-0.15, -0.1) is 23.1 Å². The molecule has 0 unspecified atom stereocenters. The summed E-state index contributed by atoms with van der Waals surface area (Å²) in [6, 6.07) is 14.1. The van der Waals surface area contributed by atoms with Gasteiger partial charge in [0.05, 0.1) is 11.7 Å². The number of carbonyl (C=O) groups excluding carboxylic acids is 1. The summed E-state index contributed by atoms with van der Waals surface area (Å²) in [5.41, 5.74) is 1.27. The predicted octanol–water partition coefficient (Wildman–Crippen LogP) is 4.44. The molecule has 1 aromatic heterocycles. The van der Waals surface area contributed by atoms with Gasteiger partial charge in [0, 0.05) is 17.7 Å². The molecule has 0 spiro atoms. The van der Waals surface area contributed by atoms with Gasteiger partial charge in [-0.1, -0.05) is 6.07 Å². The van der Waals surface area contributed by atoms with E-state index >= 15 is 0 Å². The van der Waals surface area contributed by atoms with Crippen molar-refractivity contribution in [2.45, 2.75) is 21.6 Å². The Kier molecular flexibility index (Phi) is 6.73. The Morgan fingerprint density at radius 1 is 1.22 bits per heavy atom. The maximum Gasteiger partial charge on any atom is 0.273 e. The Labute approximate surface area is 194 Å². The van der Waals surface area contributed by atoms with Crippen LogP contribution in [0.1, 0.15) is 18.0 Å². The Morgan fingerprint density at radius 3 is 2.72 bits per heavy atom. The number of ether oxygens (including phenoxy) is 1. The number of hydrogen-bond acceptors (Lipinski definition) is 6. The number of rotatable bonds is 7. The van der Waals surface area contributed by atoms with Crippen molar-refractivity contribution >= 4 is 44.7 Å². The smallest absolute Gasteiger partial charge is 0.273 e. The van der Waals surface area contributed by atoms with Crippen LogP contribution in [0.3, 0.4) is 0 Å². The van der Waals surface area contributed by atoms with Crippen LogP contribution < -0.4 is 14.4 Å². The number of halogens is 1. The van der Waals surface area contributed by atoms with Gasteiger partial charge in [0.15, 0.2) is 6.61 Å². The Bertz CT molecular complexity index is 1200. The molecule has 1 amide bonds. The molecule has 2 aromatic carbocycles. The first-order chi connectivity index (χ1) is 15.3. The second kappa shape index (κ2) is 9.51. The van der Waals surface area contributed by atoms with Crippen molar-refractivity contribution in [2.24, 2.45) is 0 Å². The third-order valence-corrected chi connectivity index (χ3v) is 9.31. The summed E-state index contributed by atoms with van der Waals surface area (Å²) in [6.45, 7) is -0.197. The van der Waals surface area contributed by atoms with Crippen LogP contribution in [0.5, 0.6) is 5.75 Å². The van der Waals surface area contributed by atoms with Crippen LogP contribution in [0.4, 0.5) is 10.1 Å². The fourth-order valence-corrected chi connectivity index (χ4v) is 6.80. The summed E-state index contributed by atoms with van der Waals surface area (Å²) >= 11 is 2.80. The minimum Gasteiger partial charge on any atom is -0.484 e.